The summed E-state index contributed by atoms with van der Waals surface area (Å²) in [5.41, 5.74) is 1.21. The van der Waals surface area contributed by atoms with Gasteiger partial charge in [-0.25, -0.2) is 4.79 Å². The lowest BCUT2D eigenvalue weighted by atomic mass is 10.2. The van der Waals surface area contributed by atoms with E-state index in [2.05, 4.69) is 10.6 Å². The average molecular weight is 386 g/mol. The third-order valence-electron chi connectivity index (χ3n) is 3.84. The van der Waals surface area contributed by atoms with Crippen molar-refractivity contribution in [1.29, 1.82) is 0 Å². The Bertz CT molecular complexity index is 821. The second-order valence-electron chi connectivity index (χ2n) is 5.81. The van der Waals surface area contributed by atoms with E-state index in [1.54, 1.807) is 48.5 Å². The number of ether oxygens (including phenoxy) is 2. The molecule has 7 heteroatoms. The van der Waals surface area contributed by atoms with Crippen molar-refractivity contribution in [3.8, 4) is 5.75 Å². The first-order chi connectivity index (χ1) is 12.9. The molecule has 1 unspecified atom stereocenters. The molecule has 0 radical (unpaired) electrons. The first-order valence-electron chi connectivity index (χ1n) is 8.51. The van der Waals surface area contributed by atoms with Gasteiger partial charge in [-0.1, -0.05) is 19.1 Å². The van der Waals surface area contributed by atoms with Gasteiger partial charge in [-0.15, -0.1) is 0 Å². The molecule has 1 amide bonds. The smallest absolute Gasteiger partial charge is 0.339 e. The van der Waals surface area contributed by atoms with Gasteiger partial charge < -0.3 is 14.8 Å². The summed E-state index contributed by atoms with van der Waals surface area (Å²) < 4.78 is 10.4. The predicted octanol–water partition coefficient (Wildman–Crippen LogP) is 3.78. The Balaban J connectivity index is 2.00. The molecule has 1 atom stereocenters. The van der Waals surface area contributed by atoms with Crippen molar-refractivity contribution >= 4 is 34.9 Å². The van der Waals surface area contributed by atoms with Gasteiger partial charge in [0, 0.05) is 5.56 Å². The van der Waals surface area contributed by atoms with Crippen LogP contribution in [0.5, 0.6) is 5.75 Å². The number of carbonyl (C=O) groups is 2. The molecule has 0 spiro atoms. The van der Waals surface area contributed by atoms with Gasteiger partial charge in [0.25, 0.3) is 5.91 Å². The summed E-state index contributed by atoms with van der Waals surface area (Å²) in [6.45, 7) is 4.02. The zero-order chi connectivity index (χ0) is 19.8. The number of anilines is 1. The van der Waals surface area contributed by atoms with Crippen molar-refractivity contribution in [2.24, 2.45) is 0 Å². The number of esters is 1. The number of hydrogen-bond donors (Lipinski definition) is 2. The van der Waals surface area contributed by atoms with Gasteiger partial charge in [-0.2, -0.15) is 0 Å². The summed E-state index contributed by atoms with van der Waals surface area (Å²) in [6.07, 6.45) is 1.01. The summed E-state index contributed by atoms with van der Waals surface area (Å²) in [5.74, 6) is -0.157. The second kappa shape index (κ2) is 9.68. The van der Waals surface area contributed by atoms with Crippen LogP contribution in [-0.4, -0.2) is 30.2 Å². The minimum Gasteiger partial charge on any atom is -0.491 e. The number of methoxy groups -OCH3 is 1. The molecule has 6 nitrogen and oxygen atoms in total. The van der Waals surface area contributed by atoms with Crippen molar-refractivity contribution in [3.63, 3.8) is 0 Å². The molecule has 2 N–H and O–H groups in total. The molecule has 0 fully saturated rings. The topological polar surface area (TPSA) is 76.7 Å². The number of amides is 1. The molecule has 142 valence electrons. The van der Waals surface area contributed by atoms with E-state index in [0.717, 1.165) is 6.42 Å². The largest absolute Gasteiger partial charge is 0.491 e. The fourth-order valence-corrected chi connectivity index (χ4v) is 2.41. The van der Waals surface area contributed by atoms with E-state index in [0.29, 0.717) is 22.6 Å². The Morgan fingerprint density at radius 1 is 1.11 bits per heavy atom. The molecular formula is C20H22N2O4S. The second-order valence-corrected chi connectivity index (χ2v) is 6.21. The number of carbonyl (C=O) groups excluding carboxylic acids is 2. The Hall–Kier alpha value is -2.93. The molecule has 0 aliphatic rings. The van der Waals surface area contributed by atoms with E-state index in [1.807, 2.05) is 13.8 Å². The maximum atomic E-state index is 12.3. The van der Waals surface area contributed by atoms with Crippen molar-refractivity contribution < 1.29 is 19.1 Å². The molecule has 2 aromatic carbocycles. The summed E-state index contributed by atoms with van der Waals surface area (Å²) in [4.78, 5) is 24.1. The Morgan fingerprint density at radius 2 is 1.78 bits per heavy atom. The van der Waals surface area contributed by atoms with Crippen molar-refractivity contribution in [1.82, 2.24) is 5.32 Å². The summed E-state index contributed by atoms with van der Waals surface area (Å²) >= 11 is 5.17. The zero-order valence-corrected chi connectivity index (χ0v) is 16.3. The fourth-order valence-electron chi connectivity index (χ4n) is 2.21. The Labute approximate surface area is 163 Å². The summed E-state index contributed by atoms with van der Waals surface area (Å²) in [7, 11) is 1.30. The van der Waals surface area contributed by atoms with E-state index >= 15 is 0 Å². The minimum atomic E-state index is -0.496. The van der Waals surface area contributed by atoms with Crippen LogP contribution in [0, 0.1) is 0 Å². The third kappa shape index (κ3) is 5.79. The van der Waals surface area contributed by atoms with Gasteiger partial charge in [-0.05, 0) is 62.0 Å². The van der Waals surface area contributed by atoms with Gasteiger partial charge in [-0.3, -0.25) is 10.1 Å². The van der Waals surface area contributed by atoms with Gasteiger partial charge in [0.05, 0.1) is 24.5 Å². The summed E-state index contributed by atoms with van der Waals surface area (Å²) in [5, 5.41) is 5.51. The molecule has 0 aromatic heterocycles. The maximum absolute atomic E-state index is 12.3. The molecular weight excluding hydrogens is 364 g/mol. The van der Waals surface area contributed by atoms with Crippen LogP contribution in [0.3, 0.4) is 0 Å². The molecule has 27 heavy (non-hydrogen) atoms. The van der Waals surface area contributed by atoms with Crippen molar-refractivity contribution in [2.45, 2.75) is 26.4 Å². The van der Waals surface area contributed by atoms with Crippen LogP contribution in [0.25, 0.3) is 0 Å². The molecule has 0 heterocycles. The highest BCUT2D eigenvalue weighted by atomic mass is 32.1. The van der Waals surface area contributed by atoms with Gasteiger partial charge in [0.15, 0.2) is 5.11 Å². The van der Waals surface area contributed by atoms with Crippen molar-refractivity contribution in [2.75, 3.05) is 12.4 Å². The summed E-state index contributed by atoms with van der Waals surface area (Å²) in [6, 6.07) is 13.5. The van der Waals surface area contributed by atoms with Crippen LogP contribution in [0.15, 0.2) is 48.5 Å². The van der Waals surface area contributed by atoms with E-state index in [1.165, 1.54) is 7.11 Å². The standard InChI is InChI=1S/C20H22N2O4S/c1-4-13(2)26-15-11-9-14(10-12-15)18(23)22-20(27)21-17-8-6-5-7-16(17)19(24)25-3/h5-13H,4H2,1-3H3,(H2,21,22,23,27). The SMILES string of the molecule is CCC(C)Oc1ccc(C(=O)NC(=S)Nc2ccccc2C(=O)OC)cc1. The maximum Gasteiger partial charge on any atom is 0.339 e. The molecule has 0 bridgehead atoms. The monoisotopic (exact) mass is 386 g/mol. The Morgan fingerprint density at radius 3 is 2.41 bits per heavy atom. The average Bonchev–Trinajstić information content (AvgIpc) is 2.68. The van der Waals surface area contributed by atoms with E-state index < -0.39 is 5.97 Å². The van der Waals surface area contributed by atoms with Gasteiger partial charge in [0.1, 0.15) is 5.75 Å². The first kappa shape index (κ1) is 20.4. The number of benzene rings is 2. The molecule has 0 aliphatic heterocycles. The lowest BCUT2D eigenvalue weighted by molar-refractivity contribution is 0.0602. The number of rotatable bonds is 6. The third-order valence-corrected chi connectivity index (χ3v) is 4.04. The molecule has 2 aromatic rings. The number of thiocarbonyl (C=S) groups is 1. The van der Waals surface area contributed by atoms with Crippen LogP contribution in [0.1, 0.15) is 41.0 Å². The zero-order valence-electron chi connectivity index (χ0n) is 15.4. The normalized spacial score (nSPS) is 11.2. The van der Waals surface area contributed by atoms with Gasteiger partial charge in [0.2, 0.25) is 0 Å². The molecule has 0 saturated heterocycles. The van der Waals surface area contributed by atoms with E-state index in [-0.39, 0.29) is 17.1 Å². The highest BCUT2D eigenvalue weighted by Gasteiger charge is 2.14. The number of nitrogens with one attached hydrogen (secondary N) is 2. The van der Waals surface area contributed by atoms with Crippen LogP contribution < -0.4 is 15.4 Å². The van der Waals surface area contributed by atoms with E-state index in [4.69, 9.17) is 21.7 Å². The van der Waals surface area contributed by atoms with Gasteiger partial charge >= 0.3 is 5.97 Å². The van der Waals surface area contributed by atoms with Crippen molar-refractivity contribution in [3.05, 3.63) is 59.7 Å². The highest BCUT2D eigenvalue weighted by Crippen LogP contribution is 2.17. The van der Waals surface area contributed by atoms with Crippen LogP contribution in [-0.2, 0) is 4.74 Å². The molecule has 0 aliphatic carbocycles. The van der Waals surface area contributed by atoms with Crippen LogP contribution in [0.2, 0.25) is 0 Å². The predicted molar refractivity (Wildman–Crippen MR) is 108 cm³/mol. The first-order valence-corrected chi connectivity index (χ1v) is 8.91. The van der Waals surface area contributed by atoms with E-state index in [9.17, 15) is 9.59 Å². The van der Waals surface area contributed by atoms with Crippen LogP contribution in [0.4, 0.5) is 5.69 Å². The number of hydrogen-bond acceptors (Lipinski definition) is 5. The Kier molecular flexibility index (Phi) is 7.31. The lowest BCUT2D eigenvalue weighted by Crippen LogP contribution is -2.34. The minimum absolute atomic E-state index is 0.0799. The molecule has 0 saturated carbocycles. The lowest BCUT2D eigenvalue weighted by Gasteiger charge is -2.14. The highest BCUT2D eigenvalue weighted by molar-refractivity contribution is 7.80. The molecule has 2 rings (SSSR count). The quantitative estimate of drug-likeness (QED) is 0.581. The fraction of sp³-hybridized carbons (Fsp3) is 0.250. The number of para-hydroxylation sites is 1. The van der Waals surface area contributed by atoms with Crippen LogP contribution >= 0.6 is 12.2 Å².